The van der Waals surface area contributed by atoms with Gasteiger partial charge in [-0.05, 0) is 42.4 Å². The molecule has 0 radical (unpaired) electrons. The van der Waals surface area contributed by atoms with Gasteiger partial charge in [-0.3, -0.25) is 0 Å². The van der Waals surface area contributed by atoms with E-state index in [-0.39, 0.29) is 22.9 Å². The number of para-hydroxylation sites is 1. The zero-order valence-corrected chi connectivity index (χ0v) is 15.9. The Morgan fingerprint density at radius 2 is 1.97 bits per heavy atom. The standard InChI is InChI=1S/C20H21F6N3O/c21-19(22,23)14-3-1-2-12-13(6-16(20(24,25)26)29-17(12)14)15(30)8-27-9-18-5-4-11(7-18)28-10-18/h1-3,6,11,15,27-28,30H,4-5,7-10H2/t11-,15?,18+/m0/s1. The third-order valence-corrected chi connectivity index (χ3v) is 6.13. The van der Waals surface area contributed by atoms with Gasteiger partial charge in [-0.25, -0.2) is 4.98 Å². The van der Waals surface area contributed by atoms with Gasteiger partial charge in [-0.1, -0.05) is 12.1 Å². The molecular weight excluding hydrogens is 412 g/mol. The summed E-state index contributed by atoms with van der Waals surface area (Å²) >= 11 is 0. The zero-order valence-electron chi connectivity index (χ0n) is 15.9. The topological polar surface area (TPSA) is 57.2 Å². The van der Waals surface area contributed by atoms with Gasteiger partial charge in [0.25, 0.3) is 0 Å². The molecule has 0 spiro atoms. The average Bonchev–Trinajstić information content (AvgIpc) is 3.26. The van der Waals surface area contributed by atoms with E-state index in [4.69, 9.17) is 0 Å². The highest BCUT2D eigenvalue weighted by atomic mass is 19.4. The molecule has 2 heterocycles. The number of piperidine rings is 1. The molecule has 1 aromatic heterocycles. The molecule has 4 rings (SSSR count). The van der Waals surface area contributed by atoms with Crippen LogP contribution in [0.1, 0.15) is 42.2 Å². The van der Waals surface area contributed by atoms with Crippen LogP contribution in [0.2, 0.25) is 0 Å². The quantitative estimate of drug-likeness (QED) is 0.624. The highest BCUT2D eigenvalue weighted by Gasteiger charge is 2.44. The fraction of sp³-hybridized carbons (Fsp3) is 0.550. The predicted octanol–water partition coefficient (Wildman–Crippen LogP) is 4.04. The third kappa shape index (κ3) is 4.00. The molecule has 2 bridgehead atoms. The highest BCUT2D eigenvalue weighted by molar-refractivity contribution is 5.86. The Balaban J connectivity index is 1.64. The van der Waals surface area contributed by atoms with Crippen LogP contribution in [0.3, 0.4) is 0 Å². The van der Waals surface area contributed by atoms with Crippen molar-refractivity contribution < 1.29 is 31.4 Å². The molecule has 1 aliphatic heterocycles. The van der Waals surface area contributed by atoms with Gasteiger partial charge in [0.15, 0.2) is 0 Å². The molecule has 2 aliphatic rings. The summed E-state index contributed by atoms with van der Waals surface area (Å²) < 4.78 is 79.9. The first-order chi connectivity index (χ1) is 14.0. The van der Waals surface area contributed by atoms with Crippen LogP contribution in [0.4, 0.5) is 26.3 Å². The molecule has 3 N–H and O–H groups in total. The Bertz CT molecular complexity index is 935. The minimum absolute atomic E-state index is 0.0608. The Kier molecular flexibility index (Phi) is 5.22. The number of nitrogens with one attached hydrogen (secondary N) is 2. The molecule has 1 unspecified atom stereocenters. The lowest BCUT2D eigenvalue weighted by molar-refractivity contribution is -0.142. The van der Waals surface area contributed by atoms with Gasteiger partial charge in [0, 0.05) is 31.1 Å². The maximum absolute atomic E-state index is 13.3. The second-order valence-electron chi connectivity index (χ2n) is 8.26. The molecule has 1 saturated carbocycles. The number of aromatic nitrogens is 1. The number of fused-ring (bicyclic) bond motifs is 3. The summed E-state index contributed by atoms with van der Waals surface area (Å²) in [5, 5.41) is 16.9. The van der Waals surface area contributed by atoms with Crippen molar-refractivity contribution >= 4 is 10.9 Å². The molecule has 3 atom stereocenters. The lowest BCUT2D eigenvalue weighted by atomic mass is 9.87. The fourth-order valence-electron chi connectivity index (χ4n) is 4.63. The van der Waals surface area contributed by atoms with Crippen molar-refractivity contribution in [1.29, 1.82) is 0 Å². The molecule has 1 aliphatic carbocycles. The molecular formula is C20H21F6N3O. The summed E-state index contributed by atoms with van der Waals surface area (Å²) in [6.07, 6.45) is -8.13. The van der Waals surface area contributed by atoms with Crippen molar-refractivity contribution in [3.8, 4) is 0 Å². The van der Waals surface area contributed by atoms with Crippen LogP contribution < -0.4 is 10.6 Å². The SMILES string of the molecule is OC(CNC[C@@]12CC[C@@H](C1)NC2)c1cc(C(F)(F)F)nc2c(C(F)(F)F)cccc12. The van der Waals surface area contributed by atoms with Gasteiger partial charge >= 0.3 is 12.4 Å². The van der Waals surface area contributed by atoms with E-state index in [1.807, 2.05) is 0 Å². The van der Waals surface area contributed by atoms with Crippen molar-refractivity contribution in [1.82, 2.24) is 15.6 Å². The van der Waals surface area contributed by atoms with Crippen molar-refractivity contribution in [2.24, 2.45) is 5.41 Å². The zero-order chi connectivity index (χ0) is 21.7. The number of nitrogens with zero attached hydrogens (tertiary/aromatic N) is 1. The van der Waals surface area contributed by atoms with Gasteiger partial charge in [0.2, 0.25) is 0 Å². The molecule has 164 valence electrons. The second-order valence-corrected chi connectivity index (χ2v) is 8.26. The van der Waals surface area contributed by atoms with Gasteiger partial charge in [-0.2, -0.15) is 26.3 Å². The van der Waals surface area contributed by atoms with E-state index < -0.39 is 35.2 Å². The number of hydrogen-bond acceptors (Lipinski definition) is 4. The number of hydrogen-bond donors (Lipinski definition) is 3. The first-order valence-electron chi connectivity index (χ1n) is 9.69. The summed E-state index contributed by atoms with van der Waals surface area (Å²) in [6, 6.07) is 4.15. The van der Waals surface area contributed by atoms with E-state index in [0.717, 1.165) is 31.9 Å². The highest BCUT2D eigenvalue weighted by Crippen LogP contribution is 2.42. The maximum atomic E-state index is 13.3. The van der Waals surface area contributed by atoms with Crippen molar-refractivity contribution in [2.45, 2.75) is 43.8 Å². The van der Waals surface area contributed by atoms with E-state index in [2.05, 4.69) is 15.6 Å². The van der Waals surface area contributed by atoms with E-state index >= 15 is 0 Å². The van der Waals surface area contributed by atoms with Gasteiger partial charge in [0.1, 0.15) is 5.69 Å². The number of halogens is 6. The first kappa shape index (κ1) is 21.3. The summed E-state index contributed by atoms with van der Waals surface area (Å²) in [7, 11) is 0. The normalized spacial score (nSPS) is 25.2. The Morgan fingerprint density at radius 1 is 1.20 bits per heavy atom. The van der Waals surface area contributed by atoms with Crippen LogP contribution in [-0.2, 0) is 12.4 Å². The number of rotatable bonds is 5. The maximum Gasteiger partial charge on any atom is 0.433 e. The summed E-state index contributed by atoms with van der Waals surface area (Å²) in [5.41, 5.74) is -3.70. The molecule has 2 fully saturated rings. The minimum atomic E-state index is -4.94. The van der Waals surface area contributed by atoms with Crippen molar-refractivity contribution in [3.05, 3.63) is 41.1 Å². The Labute approximate surface area is 168 Å². The number of aliphatic hydroxyl groups excluding tert-OH is 1. The number of aliphatic hydroxyl groups is 1. The fourth-order valence-corrected chi connectivity index (χ4v) is 4.63. The van der Waals surface area contributed by atoms with Crippen LogP contribution in [0.5, 0.6) is 0 Å². The van der Waals surface area contributed by atoms with Crippen LogP contribution in [0.25, 0.3) is 10.9 Å². The second kappa shape index (κ2) is 7.35. The van der Waals surface area contributed by atoms with Gasteiger partial charge < -0.3 is 15.7 Å². The largest absolute Gasteiger partial charge is 0.433 e. The van der Waals surface area contributed by atoms with Crippen LogP contribution >= 0.6 is 0 Å². The van der Waals surface area contributed by atoms with Crippen molar-refractivity contribution in [3.63, 3.8) is 0 Å². The van der Waals surface area contributed by atoms with Gasteiger partial charge in [0.05, 0.1) is 17.2 Å². The smallest absolute Gasteiger partial charge is 0.387 e. The van der Waals surface area contributed by atoms with E-state index in [1.165, 1.54) is 6.07 Å². The van der Waals surface area contributed by atoms with E-state index in [1.54, 1.807) is 0 Å². The van der Waals surface area contributed by atoms with E-state index in [0.29, 0.717) is 24.7 Å². The van der Waals surface area contributed by atoms with Crippen molar-refractivity contribution in [2.75, 3.05) is 19.6 Å². The number of alkyl halides is 6. The minimum Gasteiger partial charge on any atom is -0.387 e. The Hall–Kier alpha value is -1.91. The number of benzene rings is 1. The monoisotopic (exact) mass is 433 g/mol. The van der Waals surface area contributed by atoms with E-state index in [9.17, 15) is 31.4 Å². The first-order valence-corrected chi connectivity index (χ1v) is 9.69. The molecule has 2 aromatic rings. The molecule has 4 nitrogen and oxygen atoms in total. The summed E-state index contributed by atoms with van der Waals surface area (Å²) in [6.45, 7) is 1.35. The molecule has 1 saturated heterocycles. The molecule has 1 aromatic carbocycles. The van der Waals surface area contributed by atoms with Crippen LogP contribution in [0, 0.1) is 5.41 Å². The Morgan fingerprint density at radius 3 is 2.53 bits per heavy atom. The average molecular weight is 433 g/mol. The third-order valence-electron chi connectivity index (χ3n) is 6.13. The summed E-state index contributed by atoms with van der Waals surface area (Å²) in [5.74, 6) is 0. The predicted molar refractivity (Wildman–Crippen MR) is 97.7 cm³/mol. The summed E-state index contributed by atoms with van der Waals surface area (Å²) in [4.78, 5) is 3.24. The molecule has 30 heavy (non-hydrogen) atoms. The lowest BCUT2D eigenvalue weighted by Crippen LogP contribution is -2.38. The molecule has 0 amide bonds. The van der Waals surface area contributed by atoms with Gasteiger partial charge in [-0.15, -0.1) is 0 Å². The van der Waals surface area contributed by atoms with Crippen LogP contribution in [-0.4, -0.2) is 35.8 Å². The van der Waals surface area contributed by atoms with Crippen LogP contribution in [0.15, 0.2) is 24.3 Å². The number of pyridine rings is 1. The molecule has 10 heteroatoms. The lowest BCUT2D eigenvalue weighted by Gasteiger charge is -2.27.